The van der Waals surface area contributed by atoms with Gasteiger partial charge in [-0.1, -0.05) is 36.4 Å². The molecule has 1 amide bonds. The number of hydrogen-bond acceptors (Lipinski definition) is 4. The molecule has 1 aliphatic rings. The quantitative estimate of drug-likeness (QED) is 0.913. The highest BCUT2D eigenvalue weighted by Gasteiger charge is 2.21. The highest BCUT2D eigenvalue weighted by molar-refractivity contribution is 7.10. The van der Waals surface area contributed by atoms with Crippen LogP contribution < -0.4 is 5.32 Å². The van der Waals surface area contributed by atoms with Crippen LogP contribution in [0.25, 0.3) is 0 Å². The van der Waals surface area contributed by atoms with Crippen molar-refractivity contribution in [2.75, 3.05) is 39.8 Å². The van der Waals surface area contributed by atoms with E-state index in [1.807, 2.05) is 24.3 Å². The Hall–Kier alpha value is -1.69. The summed E-state index contributed by atoms with van der Waals surface area (Å²) in [7, 11) is 2.12. The van der Waals surface area contributed by atoms with Crippen LogP contribution in [-0.4, -0.2) is 55.5 Å². The van der Waals surface area contributed by atoms with E-state index >= 15 is 0 Å². The Morgan fingerprint density at radius 1 is 1.13 bits per heavy atom. The summed E-state index contributed by atoms with van der Waals surface area (Å²) in [5.74, 6) is 0.0943. The molecule has 2 aromatic rings. The second kappa shape index (κ2) is 7.73. The zero-order chi connectivity index (χ0) is 16.1. The monoisotopic (exact) mass is 329 g/mol. The van der Waals surface area contributed by atoms with E-state index in [9.17, 15) is 4.79 Å². The fourth-order valence-electron chi connectivity index (χ4n) is 2.84. The molecule has 1 aliphatic heterocycles. The Balaban J connectivity index is 1.65. The molecule has 0 saturated carbocycles. The Labute approximate surface area is 141 Å². The molecule has 0 spiro atoms. The first kappa shape index (κ1) is 16.2. The molecule has 1 N–H and O–H groups in total. The minimum absolute atomic E-state index is 0.0591. The number of rotatable bonds is 5. The molecule has 1 atom stereocenters. The highest BCUT2D eigenvalue weighted by Crippen LogP contribution is 2.25. The molecule has 2 heterocycles. The van der Waals surface area contributed by atoms with Gasteiger partial charge in [0.05, 0.1) is 12.6 Å². The number of carbonyl (C=O) groups excluding carboxylic acids is 1. The zero-order valence-corrected chi connectivity index (χ0v) is 14.3. The van der Waals surface area contributed by atoms with Gasteiger partial charge in [0.15, 0.2) is 0 Å². The summed E-state index contributed by atoms with van der Waals surface area (Å²) in [4.78, 5) is 18.2. The number of nitrogens with one attached hydrogen (secondary N) is 1. The van der Waals surface area contributed by atoms with Crippen LogP contribution in [0.2, 0.25) is 0 Å². The van der Waals surface area contributed by atoms with E-state index in [0.29, 0.717) is 6.54 Å². The van der Waals surface area contributed by atoms with Crippen LogP contribution >= 0.6 is 11.3 Å². The van der Waals surface area contributed by atoms with Gasteiger partial charge in [-0.2, -0.15) is 0 Å². The fourth-order valence-corrected chi connectivity index (χ4v) is 3.64. The maximum absolute atomic E-state index is 12.5. The molecule has 1 aromatic carbocycles. The number of amides is 1. The number of hydrogen-bond donors (Lipinski definition) is 1. The molecule has 0 bridgehead atoms. The lowest BCUT2D eigenvalue weighted by Crippen LogP contribution is -2.48. The second-order valence-corrected chi connectivity index (χ2v) is 6.99. The molecule has 1 fully saturated rings. The van der Waals surface area contributed by atoms with E-state index in [-0.39, 0.29) is 11.9 Å². The fraction of sp³-hybridized carbons (Fsp3) is 0.389. The van der Waals surface area contributed by atoms with Gasteiger partial charge in [0, 0.05) is 31.1 Å². The maximum Gasteiger partial charge on any atom is 0.234 e. The standard InChI is InChI=1S/C18H23N3OS/c1-20-9-11-21(12-10-20)14-17(22)19-18(16-8-5-13-23-16)15-6-3-2-4-7-15/h2-8,13,18H,9-12,14H2,1H3,(H,19,22)/t18-/m0/s1. The molecule has 23 heavy (non-hydrogen) atoms. The highest BCUT2D eigenvalue weighted by atomic mass is 32.1. The lowest BCUT2D eigenvalue weighted by molar-refractivity contribution is -0.123. The molecule has 4 nitrogen and oxygen atoms in total. The van der Waals surface area contributed by atoms with Crippen molar-refractivity contribution in [2.45, 2.75) is 6.04 Å². The molecular weight excluding hydrogens is 306 g/mol. The van der Waals surface area contributed by atoms with Gasteiger partial charge in [-0.25, -0.2) is 0 Å². The number of benzene rings is 1. The first-order chi connectivity index (χ1) is 11.2. The van der Waals surface area contributed by atoms with Crippen LogP contribution in [0.1, 0.15) is 16.5 Å². The number of nitrogens with zero attached hydrogens (tertiary/aromatic N) is 2. The molecule has 0 unspecified atom stereocenters. The van der Waals surface area contributed by atoms with Crippen LogP contribution in [0.15, 0.2) is 47.8 Å². The Kier molecular flexibility index (Phi) is 5.43. The molecule has 5 heteroatoms. The van der Waals surface area contributed by atoms with E-state index in [4.69, 9.17) is 0 Å². The predicted molar refractivity (Wildman–Crippen MR) is 94.7 cm³/mol. The van der Waals surface area contributed by atoms with Crippen LogP contribution in [0.3, 0.4) is 0 Å². The molecule has 122 valence electrons. The topological polar surface area (TPSA) is 35.6 Å². The van der Waals surface area contributed by atoms with Gasteiger partial charge in [-0.15, -0.1) is 11.3 Å². The van der Waals surface area contributed by atoms with Crippen LogP contribution in [0.4, 0.5) is 0 Å². The van der Waals surface area contributed by atoms with E-state index in [1.54, 1.807) is 11.3 Å². The van der Waals surface area contributed by atoms with Crippen LogP contribution in [0.5, 0.6) is 0 Å². The molecule has 3 rings (SSSR count). The van der Waals surface area contributed by atoms with Crippen LogP contribution in [0, 0.1) is 0 Å². The van der Waals surface area contributed by atoms with Crippen molar-refractivity contribution in [3.63, 3.8) is 0 Å². The Morgan fingerprint density at radius 3 is 2.52 bits per heavy atom. The Morgan fingerprint density at radius 2 is 1.87 bits per heavy atom. The minimum atomic E-state index is -0.0591. The first-order valence-electron chi connectivity index (χ1n) is 8.01. The van der Waals surface area contributed by atoms with Gasteiger partial charge >= 0.3 is 0 Å². The largest absolute Gasteiger partial charge is 0.343 e. The average molecular weight is 329 g/mol. The number of thiophene rings is 1. The van der Waals surface area contributed by atoms with E-state index < -0.39 is 0 Å². The third-order valence-corrected chi connectivity index (χ3v) is 5.17. The van der Waals surface area contributed by atoms with Crippen molar-refractivity contribution in [2.24, 2.45) is 0 Å². The third-order valence-electron chi connectivity index (χ3n) is 4.23. The van der Waals surface area contributed by atoms with Gasteiger partial charge in [-0.3, -0.25) is 9.69 Å². The van der Waals surface area contributed by atoms with Crippen LogP contribution in [-0.2, 0) is 4.79 Å². The average Bonchev–Trinajstić information content (AvgIpc) is 3.10. The first-order valence-corrected chi connectivity index (χ1v) is 8.89. The maximum atomic E-state index is 12.5. The number of piperazine rings is 1. The van der Waals surface area contributed by atoms with Gasteiger partial charge in [-0.05, 0) is 24.1 Å². The van der Waals surface area contributed by atoms with Crippen molar-refractivity contribution < 1.29 is 4.79 Å². The normalized spacial score (nSPS) is 17.8. The zero-order valence-electron chi connectivity index (χ0n) is 13.4. The van der Waals surface area contributed by atoms with Crippen molar-refractivity contribution in [1.82, 2.24) is 15.1 Å². The van der Waals surface area contributed by atoms with E-state index in [2.05, 4.69) is 45.7 Å². The van der Waals surface area contributed by atoms with Gasteiger partial charge < -0.3 is 10.2 Å². The summed E-state index contributed by atoms with van der Waals surface area (Å²) in [6.45, 7) is 4.45. The lowest BCUT2D eigenvalue weighted by Gasteiger charge is -2.32. The minimum Gasteiger partial charge on any atom is -0.343 e. The SMILES string of the molecule is CN1CCN(CC(=O)N[C@@H](c2ccccc2)c2cccs2)CC1. The summed E-state index contributed by atoms with van der Waals surface area (Å²) in [6, 6.07) is 14.2. The molecule has 1 aromatic heterocycles. The van der Waals surface area contributed by atoms with Gasteiger partial charge in [0.1, 0.15) is 0 Å². The Bertz CT molecular complexity index is 606. The van der Waals surface area contributed by atoms with Crippen molar-refractivity contribution in [3.8, 4) is 0 Å². The van der Waals surface area contributed by atoms with Gasteiger partial charge in [0.25, 0.3) is 0 Å². The van der Waals surface area contributed by atoms with E-state index in [1.165, 1.54) is 4.88 Å². The molecule has 0 aliphatic carbocycles. The second-order valence-electron chi connectivity index (χ2n) is 6.01. The van der Waals surface area contributed by atoms with Crippen molar-refractivity contribution in [1.29, 1.82) is 0 Å². The predicted octanol–water partition coefficient (Wildman–Crippen LogP) is 2.20. The van der Waals surface area contributed by atoms with Crippen molar-refractivity contribution >= 4 is 17.2 Å². The summed E-state index contributed by atoms with van der Waals surface area (Å²) >= 11 is 1.68. The summed E-state index contributed by atoms with van der Waals surface area (Å²) < 4.78 is 0. The van der Waals surface area contributed by atoms with Gasteiger partial charge in [0.2, 0.25) is 5.91 Å². The third kappa shape index (κ3) is 4.41. The molecule has 0 radical (unpaired) electrons. The summed E-state index contributed by atoms with van der Waals surface area (Å²) in [5.41, 5.74) is 1.13. The number of likely N-dealkylation sites (N-methyl/N-ethyl adjacent to an activating group) is 1. The number of carbonyl (C=O) groups is 1. The van der Waals surface area contributed by atoms with E-state index in [0.717, 1.165) is 31.7 Å². The molecule has 1 saturated heterocycles. The summed E-state index contributed by atoms with van der Waals surface area (Å²) in [5, 5.41) is 5.26. The smallest absolute Gasteiger partial charge is 0.234 e. The molecular formula is C18H23N3OS. The lowest BCUT2D eigenvalue weighted by atomic mass is 10.1. The van der Waals surface area contributed by atoms with Crippen molar-refractivity contribution in [3.05, 3.63) is 58.3 Å². The summed E-state index contributed by atoms with van der Waals surface area (Å²) in [6.07, 6.45) is 0.